The highest BCUT2D eigenvalue weighted by Crippen LogP contribution is 2.11. The summed E-state index contributed by atoms with van der Waals surface area (Å²) in [7, 11) is 0. The molecule has 0 spiro atoms. The van der Waals surface area contributed by atoms with E-state index in [2.05, 4.69) is 26.6 Å². The molecule has 20 heteroatoms. The van der Waals surface area contributed by atoms with Gasteiger partial charge < -0.3 is 58.5 Å². The monoisotopic (exact) mass is 707 g/mol. The van der Waals surface area contributed by atoms with Gasteiger partial charge >= 0.3 is 11.9 Å². The third kappa shape index (κ3) is 15.7. The minimum absolute atomic E-state index is 0.0384. The topological polar surface area (TPSA) is 330 Å². The summed E-state index contributed by atoms with van der Waals surface area (Å²) in [6, 6.07) is -9.02. The van der Waals surface area contributed by atoms with Crippen LogP contribution in [0.2, 0.25) is 0 Å². The fourth-order valence-corrected chi connectivity index (χ4v) is 4.54. The summed E-state index contributed by atoms with van der Waals surface area (Å²) in [6.45, 7) is 5.68. The van der Waals surface area contributed by atoms with Crippen molar-refractivity contribution in [3.8, 4) is 0 Å². The lowest BCUT2D eigenvalue weighted by Gasteiger charge is -2.29. The third-order valence-electron chi connectivity index (χ3n) is 7.22. The van der Waals surface area contributed by atoms with Crippen molar-refractivity contribution in [2.75, 3.05) is 12.0 Å². The van der Waals surface area contributed by atoms with Crippen LogP contribution in [0.3, 0.4) is 0 Å². The van der Waals surface area contributed by atoms with Crippen molar-refractivity contribution in [3.63, 3.8) is 0 Å². The molecule has 0 saturated carbocycles. The van der Waals surface area contributed by atoms with Gasteiger partial charge in [0, 0.05) is 6.42 Å². The SMILES string of the molecule is CC[C@H](C)[C@H](NC(=O)[C@H](CC(N)=O)NC(=O)[C@@H](NC(=O)[C@@H](N)[C@@H](C)O)[C@@H](C)O)C(=O)N[C@@H](CCSC)C(=O)N[C@@H](CCC(=O)O)C(=O)O. The summed E-state index contributed by atoms with van der Waals surface area (Å²) in [5, 5.41) is 49.6. The van der Waals surface area contributed by atoms with E-state index in [1.807, 2.05) is 0 Å². The highest BCUT2D eigenvalue weighted by Gasteiger charge is 2.36. The molecule has 274 valence electrons. The highest BCUT2D eigenvalue weighted by atomic mass is 32.2. The molecule has 0 aromatic rings. The van der Waals surface area contributed by atoms with Crippen molar-refractivity contribution in [3.05, 3.63) is 0 Å². The zero-order chi connectivity index (χ0) is 37.3. The third-order valence-corrected chi connectivity index (χ3v) is 7.87. The summed E-state index contributed by atoms with van der Waals surface area (Å²) in [6.07, 6.45) is -2.45. The predicted molar refractivity (Wildman–Crippen MR) is 172 cm³/mol. The van der Waals surface area contributed by atoms with Crippen molar-refractivity contribution < 1.29 is 58.8 Å². The maximum Gasteiger partial charge on any atom is 0.326 e. The van der Waals surface area contributed by atoms with Gasteiger partial charge in [0.2, 0.25) is 35.4 Å². The quantitative estimate of drug-likeness (QED) is 0.0484. The Kier molecular flexibility index (Phi) is 20.0. The minimum Gasteiger partial charge on any atom is -0.481 e. The van der Waals surface area contributed by atoms with Crippen molar-refractivity contribution in [1.29, 1.82) is 0 Å². The van der Waals surface area contributed by atoms with Crippen LogP contribution in [0.25, 0.3) is 0 Å². The Morgan fingerprint density at radius 1 is 0.688 bits per heavy atom. The Labute approximate surface area is 282 Å². The molecule has 0 aliphatic carbocycles. The van der Waals surface area contributed by atoms with E-state index in [-0.39, 0.29) is 6.42 Å². The molecule has 0 radical (unpaired) electrons. The highest BCUT2D eigenvalue weighted by molar-refractivity contribution is 7.98. The number of thioether (sulfide) groups is 1. The Hall–Kier alpha value is -4.01. The normalized spacial score (nSPS) is 16.7. The van der Waals surface area contributed by atoms with E-state index in [0.717, 1.165) is 6.92 Å². The maximum absolute atomic E-state index is 13.5. The fourth-order valence-electron chi connectivity index (χ4n) is 4.07. The van der Waals surface area contributed by atoms with Crippen LogP contribution in [0.15, 0.2) is 0 Å². The number of hydrogen-bond acceptors (Lipinski definition) is 12. The zero-order valence-corrected chi connectivity index (χ0v) is 28.4. The molecule has 9 atom stereocenters. The van der Waals surface area contributed by atoms with Crippen LogP contribution in [0.1, 0.15) is 59.8 Å². The lowest BCUT2D eigenvalue weighted by atomic mass is 9.97. The molecule has 0 unspecified atom stereocenters. The second kappa shape index (κ2) is 21.8. The van der Waals surface area contributed by atoms with E-state index in [1.165, 1.54) is 18.7 Å². The van der Waals surface area contributed by atoms with Gasteiger partial charge in [-0.3, -0.25) is 33.6 Å². The Bertz CT molecular complexity index is 1160. The number of carbonyl (C=O) groups is 8. The van der Waals surface area contributed by atoms with E-state index >= 15 is 0 Å². The second-order valence-corrected chi connectivity index (χ2v) is 12.3. The van der Waals surface area contributed by atoms with Gasteiger partial charge in [0.25, 0.3) is 0 Å². The van der Waals surface area contributed by atoms with Gasteiger partial charge in [0.1, 0.15) is 36.3 Å². The Morgan fingerprint density at radius 3 is 1.65 bits per heavy atom. The summed E-state index contributed by atoms with van der Waals surface area (Å²) >= 11 is 1.33. The largest absolute Gasteiger partial charge is 0.481 e. The molecule has 0 heterocycles. The van der Waals surface area contributed by atoms with Crippen LogP contribution < -0.4 is 38.1 Å². The maximum atomic E-state index is 13.5. The number of rotatable bonds is 23. The molecular formula is C28H49N7O12S. The molecule has 0 aliphatic rings. The van der Waals surface area contributed by atoms with Crippen molar-refractivity contribution in [1.82, 2.24) is 26.6 Å². The first-order chi connectivity index (χ1) is 22.3. The van der Waals surface area contributed by atoms with Gasteiger partial charge in [-0.15, -0.1) is 0 Å². The lowest BCUT2D eigenvalue weighted by Crippen LogP contribution is -2.62. The standard InChI is InChI=1S/C28H49N7O12S/c1-6-12(2)21(26(44)31-15(9-10-48-5)23(41)32-16(28(46)47)7-8-19(39)40)34-24(42)17(11-18(29)38)33-27(45)22(14(4)37)35-25(43)20(30)13(3)36/h12-17,20-22,36-37H,6-11,30H2,1-5H3,(H2,29,38)(H,31,44)(H,32,41)(H,33,45)(H,34,42)(H,35,43)(H,39,40)(H,46,47)/t12-,13+,14+,15-,16-,17-,20-,21-,22-/m0/s1. The number of nitrogens with one attached hydrogen (secondary N) is 5. The summed E-state index contributed by atoms with van der Waals surface area (Å²) in [5.41, 5.74) is 10.9. The van der Waals surface area contributed by atoms with Crippen molar-refractivity contribution >= 4 is 59.1 Å². The van der Waals surface area contributed by atoms with E-state index in [4.69, 9.17) is 16.6 Å². The van der Waals surface area contributed by atoms with Gasteiger partial charge in [-0.1, -0.05) is 20.3 Å². The molecule has 0 aromatic heterocycles. The zero-order valence-electron chi connectivity index (χ0n) is 27.6. The Balaban J connectivity index is 6.11. The van der Waals surface area contributed by atoms with Crippen molar-refractivity contribution in [2.24, 2.45) is 17.4 Å². The number of primary amides is 1. The molecule has 19 nitrogen and oxygen atoms in total. The number of carboxylic acid groups (broad SMARTS) is 2. The molecule has 48 heavy (non-hydrogen) atoms. The number of hydrogen-bond donors (Lipinski definition) is 11. The molecule has 6 amide bonds. The number of aliphatic hydroxyl groups excluding tert-OH is 2. The van der Waals surface area contributed by atoms with Crippen LogP contribution in [0, 0.1) is 5.92 Å². The van der Waals surface area contributed by atoms with Gasteiger partial charge in [-0.2, -0.15) is 11.8 Å². The summed E-state index contributed by atoms with van der Waals surface area (Å²) < 4.78 is 0. The fraction of sp³-hybridized carbons (Fsp3) is 0.714. The molecule has 0 aliphatic heterocycles. The van der Waals surface area contributed by atoms with Crippen LogP contribution in [0.5, 0.6) is 0 Å². The smallest absolute Gasteiger partial charge is 0.326 e. The minimum atomic E-state index is -1.70. The first-order valence-corrected chi connectivity index (χ1v) is 16.5. The Morgan fingerprint density at radius 2 is 1.19 bits per heavy atom. The number of carbonyl (C=O) groups excluding carboxylic acids is 6. The average Bonchev–Trinajstić information content (AvgIpc) is 2.99. The van der Waals surface area contributed by atoms with Crippen LogP contribution in [-0.4, -0.2) is 128 Å². The molecule has 0 fully saturated rings. The van der Waals surface area contributed by atoms with Gasteiger partial charge in [0.05, 0.1) is 18.6 Å². The number of aliphatic hydroxyl groups is 2. The van der Waals surface area contributed by atoms with Crippen LogP contribution >= 0.6 is 11.8 Å². The van der Waals surface area contributed by atoms with E-state index < -0.39 is 121 Å². The number of aliphatic carboxylic acids is 2. The first-order valence-electron chi connectivity index (χ1n) is 15.1. The summed E-state index contributed by atoms with van der Waals surface area (Å²) in [5.74, 6) is -8.94. The number of amides is 6. The van der Waals surface area contributed by atoms with Gasteiger partial charge in [0.15, 0.2) is 0 Å². The summed E-state index contributed by atoms with van der Waals surface area (Å²) in [4.78, 5) is 99.6. The number of carboxylic acids is 2. The average molecular weight is 708 g/mol. The molecular weight excluding hydrogens is 658 g/mol. The van der Waals surface area contributed by atoms with Gasteiger partial charge in [-0.05, 0) is 44.6 Å². The molecule has 0 rings (SSSR count). The first kappa shape index (κ1) is 44.0. The van der Waals surface area contributed by atoms with Crippen molar-refractivity contribution in [2.45, 2.75) is 108 Å². The lowest BCUT2D eigenvalue weighted by molar-refractivity contribution is -0.143. The predicted octanol–water partition coefficient (Wildman–Crippen LogP) is -3.88. The van der Waals surface area contributed by atoms with Crippen LogP contribution in [0.4, 0.5) is 0 Å². The van der Waals surface area contributed by atoms with Gasteiger partial charge in [-0.25, -0.2) is 4.79 Å². The molecule has 0 saturated heterocycles. The second-order valence-electron chi connectivity index (χ2n) is 11.3. The number of nitrogens with two attached hydrogens (primary N) is 2. The van der Waals surface area contributed by atoms with Crippen LogP contribution in [-0.2, 0) is 38.4 Å². The van der Waals surface area contributed by atoms with E-state index in [9.17, 15) is 53.7 Å². The molecule has 0 bridgehead atoms. The van der Waals surface area contributed by atoms with E-state index in [0.29, 0.717) is 12.2 Å². The molecule has 0 aromatic carbocycles. The van der Waals surface area contributed by atoms with E-state index in [1.54, 1.807) is 20.1 Å². The molecule has 13 N–H and O–H groups in total.